The van der Waals surface area contributed by atoms with Crippen LogP contribution in [-0.4, -0.2) is 30.4 Å². The van der Waals surface area contributed by atoms with Gasteiger partial charge < -0.3 is 14.3 Å². The van der Waals surface area contributed by atoms with Gasteiger partial charge in [-0.05, 0) is 51.9 Å². The molecule has 5 nitrogen and oxygen atoms in total. The van der Waals surface area contributed by atoms with E-state index in [0.717, 1.165) is 18.4 Å². The molecule has 3 aliphatic rings. The quantitative estimate of drug-likeness (QED) is 0.546. The number of Topliss-reactive ketones (excluding diaryl/α,β-unsaturated/α-hetero) is 1. The molecule has 0 bridgehead atoms. The summed E-state index contributed by atoms with van der Waals surface area (Å²) in [5.41, 5.74) is 1.30. The summed E-state index contributed by atoms with van der Waals surface area (Å²) in [6.45, 7) is 9.51. The molecule has 1 saturated heterocycles. The lowest BCUT2D eigenvalue weighted by atomic mass is 9.78. The Morgan fingerprint density at radius 2 is 2.08 bits per heavy atom. The molecule has 0 spiro atoms. The second-order valence-corrected chi connectivity index (χ2v) is 8.03. The number of carbonyl (C=O) groups excluding carboxylic acids is 3. The van der Waals surface area contributed by atoms with E-state index in [2.05, 4.69) is 6.58 Å². The van der Waals surface area contributed by atoms with E-state index in [1.165, 1.54) is 6.08 Å². The molecule has 0 aromatic rings. The number of allylic oxidation sites excluding steroid dienone is 1. The lowest BCUT2D eigenvalue weighted by Crippen LogP contribution is -2.31. The van der Waals surface area contributed by atoms with Crippen molar-refractivity contribution < 1.29 is 23.9 Å². The van der Waals surface area contributed by atoms with Crippen molar-refractivity contribution in [2.24, 2.45) is 23.2 Å². The summed E-state index contributed by atoms with van der Waals surface area (Å²) in [6, 6.07) is 0. The van der Waals surface area contributed by atoms with Crippen LogP contribution in [0.25, 0.3) is 0 Å². The Hall–Kier alpha value is -1.91. The molecule has 0 unspecified atom stereocenters. The maximum absolute atomic E-state index is 11.9. The second kappa shape index (κ2) is 6.43. The van der Waals surface area contributed by atoms with Crippen LogP contribution in [0.4, 0.5) is 0 Å². The molecule has 5 atom stereocenters. The number of esters is 2. The second-order valence-electron chi connectivity index (χ2n) is 8.03. The molecular weight excluding hydrogens is 320 g/mol. The summed E-state index contributed by atoms with van der Waals surface area (Å²) < 4.78 is 11.0. The zero-order chi connectivity index (χ0) is 18.4. The van der Waals surface area contributed by atoms with Crippen LogP contribution in [0, 0.1) is 23.2 Å². The molecule has 0 aromatic carbocycles. The van der Waals surface area contributed by atoms with Gasteiger partial charge in [0.05, 0.1) is 6.61 Å². The molecule has 0 amide bonds. The fourth-order valence-corrected chi connectivity index (χ4v) is 4.77. The monoisotopic (exact) mass is 346 g/mol. The minimum Gasteiger partial charge on any atom is -0.462 e. The van der Waals surface area contributed by atoms with Crippen LogP contribution >= 0.6 is 0 Å². The van der Waals surface area contributed by atoms with Crippen LogP contribution in [0.15, 0.2) is 23.8 Å². The summed E-state index contributed by atoms with van der Waals surface area (Å²) in [6.07, 6.45) is 4.19. The highest BCUT2D eigenvalue weighted by Gasteiger charge is 2.69. The molecule has 25 heavy (non-hydrogen) atoms. The first-order valence-corrected chi connectivity index (χ1v) is 8.95. The van der Waals surface area contributed by atoms with Crippen LogP contribution in [-0.2, 0) is 23.9 Å². The Morgan fingerprint density at radius 3 is 2.72 bits per heavy atom. The van der Waals surface area contributed by atoms with Crippen LogP contribution in [0.2, 0.25) is 0 Å². The van der Waals surface area contributed by atoms with Gasteiger partial charge in [-0.3, -0.25) is 0 Å². The zero-order valence-corrected chi connectivity index (χ0v) is 15.2. The number of carbonyl (C=O) groups is 3. The highest BCUT2D eigenvalue weighted by Crippen LogP contribution is 2.70. The Kier molecular flexibility index (Phi) is 4.60. The number of ether oxygens (including phenoxy) is 2. The first-order chi connectivity index (χ1) is 11.7. The first-order valence-electron chi connectivity index (χ1n) is 8.95. The molecular formula is C20H26O5. The van der Waals surface area contributed by atoms with Crippen molar-refractivity contribution in [1.29, 1.82) is 0 Å². The van der Waals surface area contributed by atoms with Gasteiger partial charge in [-0.2, -0.15) is 0 Å². The van der Waals surface area contributed by atoms with E-state index in [4.69, 9.17) is 9.47 Å². The lowest BCUT2D eigenvalue weighted by Gasteiger charge is -2.29. The Labute approximate surface area is 148 Å². The van der Waals surface area contributed by atoms with Crippen LogP contribution < -0.4 is 0 Å². The van der Waals surface area contributed by atoms with Gasteiger partial charge in [0.2, 0.25) is 0 Å². The van der Waals surface area contributed by atoms with E-state index in [1.54, 1.807) is 6.92 Å². The predicted molar refractivity (Wildman–Crippen MR) is 91.5 cm³/mol. The van der Waals surface area contributed by atoms with Gasteiger partial charge in [0.25, 0.3) is 0 Å². The van der Waals surface area contributed by atoms with Gasteiger partial charge in [0.1, 0.15) is 11.9 Å². The molecule has 2 aliphatic carbocycles. The third kappa shape index (κ3) is 3.29. The van der Waals surface area contributed by atoms with Crippen LogP contribution in [0.3, 0.4) is 0 Å². The van der Waals surface area contributed by atoms with Gasteiger partial charge in [-0.15, -0.1) is 0 Å². The molecule has 0 radical (unpaired) electrons. The third-order valence-electron chi connectivity index (χ3n) is 6.06. The van der Waals surface area contributed by atoms with Gasteiger partial charge in [-0.25, -0.2) is 9.59 Å². The minimum absolute atomic E-state index is 0.0708. The van der Waals surface area contributed by atoms with Crippen molar-refractivity contribution in [2.75, 3.05) is 6.61 Å². The fraction of sp³-hybridized carbons (Fsp3) is 0.650. The Balaban J connectivity index is 1.72. The summed E-state index contributed by atoms with van der Waals surface area (Å²) in [4.78, 5) is 35.1. The van der Waals surface area contributed by atoms with E-state index in [0.29, 0.717) is 36.9 Å². The molecule has 5 heteroatoms. The summed E-state index contributed by atoms with van der Waals surface area (Å²) in [5.74, 6) is 0.318. The van der Waals surface area contributed by atoms with Crippen LogP contribution in [0.1, 0.15) is 46.5 Å². The standard InChI is InChI=1S/C20H26O5/c1-11(2)7-18(22)24-10-20-9-17-14(13(4)19(23)25-17)8-16(20)15(20)6-5-12(3)21/h7,14-17H,4-6,8-10H2,1-3H3/t14-,15+,16+,17-,20+/m1/s1. The number of ketones is 1. The van der Waals surface area contributed by atoms with Crippen molar-refractivity contribution in [3.05, 3.63) is 23.8 Å². The number of hydrogen-bond donors (Lipinski definition) is 0. The normalized spacial score (nSPS) is 35.3. The lowest BCUT2D eigenvalue weighted by molar-refractivity contribution is -0.145. The van der Waals surface area contributed by atoms with Crippen molar-refractivity contribution in [2.45, 2.75) is 52.6 Å². The first kappa shape index (κ1) is 17.9. The highest BCUT2D eigenvalue weighted by atomic mass is 16.6. The van der Waals surface area contributed by atoms with Crippen LogP contribution in [0.5, 0.6) is 0 Å². The topological polar surface area (TPSA) is 69.7 Å². The van der Waals surface area contributed by atoms with Gasteiger partial charge in [0.15, 0.2) is 0 Å². The number of hydrogen-bond acceptors (Lipinski definition) is 5. The van der Waals surface area contributed by atoms with E-state index < -0.39 is 0 Å². The average Bonchev–Trinajstić information content (AvgIpc) is 3.05. The smallest absolute Gasteiger partial charge is 0.334 e. The van der Waals surface area contributed by atoms with E-state index in [9.17, 15) is 14.4 Å². The predicted octanol–water partition coefficient (Wildman–Crippen LogP) is 2.99. The molecule has 1 aliphatic heterocycles. The van der Waals surface area contributed by atoms with Crippen molar-refractivity contribution in [3.63, 3.8) is 0 Å². The molecule has 136 valence electrons. The zero-order valence-electron chi connectivity index (χ0n) is 15.2. The molecule has 2 saturated carbocycles. The molecule has 1 heterocycles. The Morgan fingerprint density at radius 1 is 1.36 bits per heavy atom. The molecule has 0 N–H and O–H groups in total. The maximum Gasteiger partial charge on any atom is 0.334 e. The van der Waals surface area contributed by atoms with Gasteiger partial charge >= 0.3 is 11.9 Å². The summed E-state index contributed by atoms with van der Waals surface area (Å²) >= 11 is 0. The fourth-order valence-electron chi connectivity index (χ4n) is 4.77. The van der Waals surface area contributed by atoms with Gasteiger partial charge in [-0.1, -0.05) is 12.2 Å². The average molecular weight is 346 g/mol. The van der Waals surface area contributed by atoms with Gasteiger partial charge in [0, 0.05) is 29.4 Å². The largest absolute Gasteiger partial charge is 0.462 e. The van der Waals surface area contributed by atoms with Crippen molar-refractivity contribution in [1.82, 2.24) is 0 Å². The molecule has 0 aromatic heterocycles. The van der Waals surface area contributed by atoms with E-state index in [-0.39, 0.29) is 35.2 Å². The summed E-state index contributed by atoms with van der Waals surface area (Å²) in [7, 11) is 0. The van der Waals surface area contributed by atoms with E-state index in [1.807, 2.05) is 13.8 Å². The number of rotatable bonds is 6. The van der Waals surface area contributed by atoms with E-state index >= 15 is 0 Å². The Bertz CT molecular complexity index is 657. The van der Waals surface area contributed by atoms with Crippen molar-refractivity contribution >= 4 is 17.7 Å². The number of fused-ring (bicyclic) bond motifs is 2. The molecule has 3 fully saturated rings. The summed E-state index contributed by atoms with van der Waals surface area (Å²) in [5, 5.41) is 0. The van der Waals surface area contributed by atoms with Crippen molar-refractivity contribution in [3.8, 4) is 0 Å². The third-order valence-corrected chi connectivity index (χ3v) is 6.06. The minimum atomic E-state index is -0.333. The SMILES string of the molecule is C=C1C(=O)O[C@@H]2C[C@]3(COC(=O)C=C(C)C)[C@@H](CCC(C)=O)[C@@H]3C[C@H]12. The highest BCUT2D eigenvalue weighted by molar-refractivity contribution is 5.91. The molecule has 3 rings (SSSR count). The maximum atomic E-state index is 11.9.